The summed E-state index contributed by atoms with van der Waals surface area (Å²) >= 11 is 11.9. The van der Waals surface area contributed by atoms with Gasteiger partial charge >= 0.3 is 0 Å². The van der Waals surface area contributed by atoms with E-state index in [1.54, 1.807) is 11.9 Å². The van der Waals surface area contributed by atoms with Gasteiger partial charge in [-0.1, -0.05) is 40.9 Å². The maximum Gasteiger partial charge on any atom is 0.258 e. The summed E-state index contributed by atoms with van der Waals surface area (Å²) in [5.41, 5.74) is 9.48. The van der Waals surface area contributed by atoms with Crippen molar-refractivity contribution in [3.63, 3.8) is 0 Å². The maximum atomic E-state index is 12.6. The summed E-state index contributed by atoms with van der Waals surface area (Å²) in [5.74, 6) is -0.188. The van der Waals surface area contributed by atoms with E-state index in [1.807, 2.05) is 32.0 Å². The van der Waals surface area contributed by atoms with E-state index in [1.165, 1.54) is 12.1 Å². The van der Waals surface area contributed by atoms with Crippen LogP contribution in [0.4, 0.5) is 11.4 Å². The average Bonchev–Trinajstić information content (AvgIpc) is 2.42. The minimum atomic E-state index is -0.188. The molecule has 0 bridgehead atoms. The predicted octanol–water partition coefficient (Wildman–Crippen LogP) is 4.47. The van der Waals surface area contributed by atoms with Crippen molar-refractivity contribution in [1.82, 2.24) is 0 Å². The van der Waals surface area contributed by atoms with Gasteiger partial charge in [-0.3, -0.25) is 4.79 Å². The molecular formula is C16H16Cl2N2O. The predicted molar refractivity (Wildman–Crippen MR) is 89.5 cm³/mol. The molecule has 5 heteroatoms. The van der Waals surface area contributed by atoms with Gasteiger partial charge in [-0.2, -0.15) is 0 Å². The topological polar surface area (TPSA) is 46.3 Å². The van der Waals surface area contributed by atoms with Gasteiger partial charge in [0, 0.05) is 18.3 Å². The van der Waals surface area contributed by atoms with Crippen LogP contribution in [0.2, 0.25) is 10.0 Å². The van der Waals surface area contributed by atoms with Gasteiger partial charge in [0.05, 0.1) is 15.7 Å². The third kappa shape index (κ3) is 3.14. The normalized spacial score (nSPS) is 10.5. The van der Waals surface area contributed by atoms with Crippen molar-refractivity contribution in [3.8, 4) is 0 Å². The van der Waals surface area contributed by atoms with Crippen molar-refractivity contribution in [3.05, 3.63) is 57.1 Å². The minimum Gasteiger partial charge on any atom is -0.397 e. The van der Waals surface area contributed by atoms with E-state index in [2.05, 4.69) is 0 Å². The summed E-state index contributed by atoms with van der Waals surface area (Å²) in [6, 6.07) is 8.99. The fraction of sp³-hybridized carbons (Fsp3) is 0.188. The molecule has 0 aliphatic rings. The van der Waals surface area contributed by atoms with Crippen LogP contribution in [0.3, 0.4) is 0 Å². The number of aryl methyl sites for hydroxylation is 2. The Morgan fingerprint density at radius 3 is 2.38 bits per heavy atom. The summed E-state index contributed by atoms with van der Waals surface area (Å²) in [7, 11) is 1.72. The van der Waals surface area contributed by atoms with Crippen LogP contribution in [0.15, 0.2) is 30.3 Å². The van der Waals surface area contributed by atoms with E-state index >= 15 is 0 Å². The number of nitrogens with two attached hydrogens (primary N) is 1. The number of carbonyl (C=O) groups is 1. The molecule has 0 aromatic heterocycles. The minimum absolute atomic E-state index is 0.188. The monoisotopic (exact) mass is 322 g/mol. The van der Waals surface area contributed by atoms with Crippen molar-refractivity contribution in [2.45, 2.75) is 13.8 Å². The number of nitrogens with zero attached hydrogens (tertiary/aromatic N) is 1. The van der Waals surface area contributed by atoms with Crippen LogP contribution in [0.25, 0.3) is 0 Å². The van der Waals surface area contributed by atoms with Crippen molar-refractivity contribution >= 4 is 40.5 Å². The smallest absolute Gasteiger partial charge is 0.258 e. The Morgan fingerprint density at radius 2 is 1.81 bits per heavy atom. The first-order valence-corrected chi connectivity index (χ1v) is 7.16. The molecule has 21 heavy (non-hydrogen) atoms. The van der Waals surface area contributed by atoms with Crippen LogP contribution in [-0.2, 0) is 0 Å². The molecule has 0 aliphatic heterocycles. The molecule has 2 rings (SSSR count). The second-order valence-corrected chi connectivity index (χ2v) is 5.80. The molecule has 0 aliphatic carbocycles. The molecule has 110 valence electrons. The molecule has 0 radical (unpaired) electrons. The lowest BCUT2D eigenvalue weighted by atomic mass is 10.1. The maximum absolute atomic E-state index is 12.6. The van der Waals surface area contributed by atoms with E-state index in [0.717, 1.165) is 16.8 Å². The summed E-state index contributed by atoms with van der Waals surface area (Å²) in [6.07, 6.45) is 0. The zero-order valence-electron chi connectivity index (χ0n) is 12.1. The quantitative estimate of drug-likeness (QED) is 0.829. The van der Waals surface area contributed by atoms with E-state index < -0.39 is 0 Å². The summed E-state index contributed by atoms with van der Waals surface area (Å²) < 4.78 is 0. The third-order valence-corrected chi connectivity index (χ3v) is 4.14. The number of rotatable bonds is 2. The van der Waals surface area contributed by atoms with Crippen molar-refractivity contribution < 1.29 is 4.79 Å². The van der Waals surface area contributed by atoms with Gasteiger partial charge in [-0.05, 0) is 37.6 Å². The standard InChI is InChI=1S/C16H16Cl2N2O/c1-9-4-5-14(10(2)6-9)20(3)16(21)11-7-12(17)15(18)13(19)8-11/h4-8H,19H2,1-3H3. The van der Waals surface area contributed by atoms with Gasteiger partial charge in [0.2, 0.25) is 0 Å². The Balaban J connectivity index is 2.39. The molecule has 0 saturated heterocycles. The highest BCUT2D eigenvalue weighted by atomic mass is 35.5. The average molecular weight is 323 g/mol. The van der Waals surface area contributed by atoms with Crippen LogP contribution in [-0.4, -0.2) is 13.0 Å². The summed E-state index contributed by atoms with van der Waals surface area (Å²) in [6.45, 7) is 3.98. The molecule has 0 spiro atoms. The summed E-state index contributed by atoms with van der Waals surface area (Å²) in [5, 5.41) is 0.538. The first kappa shape index (κ1) is 15.7. The molecule has 0 heterocycles. The molecule has 0 unspecified atom stereocenters. The molecular weight excluding hydrogens is 307 g/mol. The lowest BCUT2D eigenvalue weighted by Gasteiger charge is -2.20. The van der Waals surface area contributed by atoms with Crippen LogP contribution < -0.4 is 10.6 Å². The molecule has 0 fully saturated rings. The Hall–Kier alpha value is -1.71. The highest BCUT2D eigenvalue weighted by Crippen LogP contribution is 2.30. The molecule has 2 aromatic carbocycles. The highest BCUT2D eigenvalue weighted by Gasteiger charge is 2.17. The van der Waals surface area contributed by atoms with E-state index in [9.17, 15) is 4.79 Å². The number of hydrogen-bond donors (Lipinski definition) is 1. The molecule has 1 amide bonds. The number of anilines is 2. The van der Waals surface area contributed by atoms with Crippen LogP contribution in [0.1, 0.15) is 21.5 Å². The second-order valence-electron chi connectivity index (χ2n) is 5.02. The second kappa shape index (κ2) is 5.96. The molecule has 0 atom stereocenters. The Labute approximate surface area is 134 Å². The number of amides is 1. The number of nitrogen functional groups attached to an aromatic ring is 1. The number of benzene rings is 2. The third-order valence-electron chi connectivity index (χ3n) is 3.32. The molecule has 3 nitrogen and oxygen atoms in total. The van der Waals surface area contributed by atoms with E-state index in [4.69, 9.17) is 28.9 Å². The van der Waals surface area contributed by atoms with Crippen molar-refractivity contribution in [2.24, 2.45) is 0 Å². The molecule has 2 aromatic rings. The number of hydrogen-bond acceptors (Lipinski definition) is 2. The SMILES string of the molecule is Cc1ccc(N(C)C(=O)c2cc(N)c(Cl)c(Cl)c2)c(C)c1. The van der Waals surface area contributed by atoms with Crippen molar-refractivity contribution in [2.75, 3.05) is 17.7 Å². The molecule has 0 saturated carbocycles. The van der Waals surface area contributed by atoms with Crippen LogP contribution in [0, 0.1) is 13.8 Å². The highest BCUT2D eigenvalue weighted by molar-refractivity contribution is 6.44. The Morgan fingerprint density at radius 1 is 1.14 bits per heavy atom. The van der Waals surface area contributed by atoms with Gasteiger partial charge in [0.1, 0.15) is 0 Å². The number of halogens is 2. The van der Waals surface area contributed by atoms with Crippen LogP contribution >= 0.6 is 23.2 Å². The lowest BCUT2D eigenvalue weighted by molar-refractivity contribution is 0.0993. The zero-order chi connectivity index (χ0) is 15.7. The largest absolute Gasteiger partial charge is 0.397 e. The fourth-order valence-corrected chi connectivity index (χ4v) is 2.55. The van der Waals surface area contributed by atoms with Gasteiger partial charge in [-0.25, -0.2) is 0 Å². The molecule has 2 N–H and O–H groups in total. The number of carbonyl (C=O) groups excluding carboxylic acids is 1. The zero-order valence-corrected chi connectivity index (χ0v) is 13.6. The fourth-order valence-electron chi connectivity index (χ4n) is 2.22. The summed E-state index contributed by atoms with van der Waals surface area (Å²) in [4.78, 5) is 14.1. The van der Waals surface area contributed by atoms with Gasteiger partial charge in [0.25, 0.3) is 5.91 Å². The first-order valence-electron chi connectivity index (χ1n) is 6.41. The Kier molecular flexibility index (Phi) is 4.45. The van der Waals surface area contributed by atoms with Gasteiger partial charge < -0.3 is 10.6 Å². The Bertz CT molecular complexity index is 690. The van der Waals surface area contributed by atoms with E-state index in [-0.39, 0.29) is 16.0 Å². The van der Waals surface area contributed by atoms with Gasteiger partial charge in [0.15, 0.2) is 0 Å². The van der Waals surface area contributed by atoms with Crippen molar-refractivity contribution in [1.29, 1.82) is 0 Å². The first-order chi connectivity index (χ1) is 9.81. The van der Waals surface area contributed by atoms with Gasteiger partial charge in [-0.15, -0.1) is 0 Å². The van der Waals surface area contributed by atoms with E-state index in [0.29, 0.717) is 11.3 Å². The van der Waals surface area contributed by atoms with Crippen LogP contribution in [0.5, 0.6) is 0 Å². The lowest BCUT2D eigenvalue weighted by Crippen LogP contribution is -2.27.